The monoisotopic (exact) mass is 684 g/mol. The molecule has 1 aromatic carbocycles. The number of nitrogens with one attached hydrogen (secondary N) is 3. The van der Waals surface area contributed by atoms with E-state index in [1.807, 2.05) is 12.1 Å². The number of alkyl halides is 1. The summed E-state index contributed by atoms with van der Waals surface area (Å²) in [6.45, 7) is 7.11. The van der Waals surface area contributed by atoms with E-state index in [1.165, 1.54) is 0 Å². The third-order valence-electron chi connectivity index (χ3n) is 10.6. The zero-order valence-corrected chi connectivity index (χ0v) is 29.5. The van der Waals surface area contributed by atoms with Crippen molar-refractivity contribution in [2.45, 2.75) is 109 Å². The van der Waals surface area contributed by atoms with Gasteiger partial charge in [0.15, 0.2) is 0 Å². The van der Waals surface area contributed by atoms with Crippen molar-refractivity contribution in [1.82, 2.24) is 15.2 Å². The lowest BCUT2D eigenvalue weighted by atomic mass is 9.75. The van der Waals surface area contributed by atoms with E-state index >= 15 is 0 Å². The standard InChI is InChI=1S/C37H53FN4O7/c1-6-48-35(45)30-20-25-19-26(13-16-29(25)40-30)39-33(43)32-28(22-11-14-27(47-5)15-12-22)17-18-42(32)34(44)24-9-7-23(8-10-24)31(21-38)41-36(46)49-37(2,3)4/h13,16,19-20,22-24,27-28,31-32,40H,6-12,14-15,17-18,21H2,1-5H3,(H,39,43)(H,41,46)/t22?,23?,24?,27?,28-,31-,32-/m0/s1. The minimum Gasteiger partial charge on any atom is -0.461 e. The van der Waals surface area contributed by atoms with Crippen molar-refractivity contribution < 1.29 is 37.8 Å². The van der Waals surface area contributed by atoms with Gasteiger partial charge in [0, 0.05) is 36.2 Å². The third kappa shape index (κ3) is 8.93. The largest absolute Gasteiger partial charge is 0.461 e. The fourth-order valence-corrected chi connectivity index (χ4v) is 8.14. The van der Waals surface area contributed by atoms with E-state index in [9.17, 15) is 23.6 Å². The smallest absolute Gasteiger partial charge is 0.407 e. The van der Waals surface area contributed by atoms with Crippen molar-refractivity contribution in [2.75, 3.05) is 32.3 Å². The molecular weight excluding hydrogens is 631 g/mol. The molecule has 49 heavy (non-hydrogen) atoms. The summed E-state index contributed by atoms with van der Waals surface area (Å²) in [5.74, 6) is -0.715. The second kappa shape index (κ2) is 15.9. The molecule has 0 unspecified atom stereocenters. The van der Waals surface area contributed by atoms with Gasteiger partial charge in [-0.15, -0.1) is 0 Å². The van der Waals surface area contributed by atoms with Gasteiger partial charge in [-0.3, -0.25) is 9.59 Å². The van der Waals surface area contributed by atoms with Crippen molar-refractivity contribution in [2.24, 2.45) is 23.7 Å². The summed E-state index contributed by atoms with van der Waals surface area (Å²) in [4.78, 5) is 57.8. The van der Waals surface area contributed by atoms with Gasteiger partial charge in [-0.25, -0.2) is 14.0 Å². The lowest BCUT2D eigenvalue weighted by Gasteiger charge is -2.38. The number of alkyl carbamates (subject to hydrolysis) is 1. The van der Waals surface area contributed by atoms with Crippen molar-refractivity contribution in [1.29, 1.82) is 0 Å². The number of methoxy groups -OCH3 is 1. The molecule has 1 aliphatic heterocycles. The number of H-pyrrole nitrogens is 1. The fourth-order valence-electron chi connectivity index (χ4n) is 8.14. The number of carbonyl (C=O) groups is 4. The summed E-state index contributed by atoms with van der Waals surface area (Å²) < 4.78 is 30.1. The molecule has 3 N–H and O–H groups in total. The highest BCUT2D eigenvalue weighted by Crippen LogP contribution is 2.42. The van der Waals surface area contributed by atoms with Crippen molar-refractivity contribution in [3.05, 3.63) is 30.0 Å². The van der Waals surface area contributed by atoms with Crippen LogP contribution in [0.15, 0.2) is 24.3 Å². The first kappa shape index (κ1) is 36.6. The number of hydrogen-bond acceptors (Lipinski definition) is 7. The van der Waals surface area contributed by atoms with Crippen LogP contribution in [0.3, 0.4) is 0 Å². The summed E-state index contributed by atoms with van der Waals surface area (Å²) in [7, 11) is 1.74. The zero-order chi connectivity index (χ0) is 35.3. The average Bonchev–Trinajstić information content (AvgIpc) is 3.71. The number of amides is 3. The summed E-state index contributed by atoms with van der Waals surface area (Å²) in [6.07, 6.45) is 6.43. The number of nitrogens with zero attached hydrogens (tertiary/aromatic N) is 1. The van der Waals surface area contributed by atoms with Crippen LogP contribution in [0.5, 0.6) is 0 Å². The number of benzene rings is 1. The van der Waals surface area contributed by atoms with Crippen molar-refractivity contribution >= 4 is 40.5 Å². The molecule has 0 spiro atoms. The van der Waals surface area contributed by atoms with E-state index in [4.69, 9.17) is 14.2 Å². The molecule has 3 amide bonds. The van der Waals surface area contributed by atoms with Crippen molar-refractivity contribution in [3.8, 4) is 0 Å². The average molecular weight is 685 g/mol. The van der Waals surface area contributed by atoms with Gasteiger partial charge < -0.3 is 34.7 Å². The molecule has 3 fully saturated rings. The predicted octanol–water partition coefficient (Wildman–Crippen LogP) is 6.37. The highest BCUT2D eigenvalue weighted by Gasteiger charge is 2.47. The van der Waals surface area contributed by atoms with E-state index in [1.54, 1.807) is 51.8 Å². The van der Waals surface area contributed by atoms with E-state index in [2.05, 4.69) is 15.6 Å². The highest BCUT2D eigenvalue weighted by atomic mass is 19.1. The molecule has 5 rings (SSSR count). The number of rotatable bonds is 10. The van der Waals surface area contributed by atoms with E-state index < -0.39 is 36.4 Å². The van der Waals surface area contributed by atoms with Crippen LogP contribution >= 0.6 is 0 Å². The second-order valence-corrected chi connectivity index (χ2v) is 14.9. The number of carbonyl (C=O) groups excluding carboxylic acids is 4. The maximum Gasteiger partial charge on any atom is 0.407 e. The minimum absolute atomic E-state index is 0.0243. The van der Waals surface area contributed by atoms with Gasteiger partial charge in [0.1, 0.15) is 24.0 Å². The Hall–Kier alpha value is -3.67. The molecule has 12 heteroatoms. The number of hydrogen-bond donors (Lipinski definition) is 3. The van der Waals surface area contributed by atoms with Crippen LogP contribution in [-0.4, -0.2) is 84.5 Å². The first-order chi connectivity index (χ1) is 23.4. The molecule has 2 heterocycles. The Labute approximate surface area is 288 Å². The molecule has 3 atom stereocenters. The number of ether oxygens (including phenoxy) is 3. The third-order valence-corrected chi connectivity index (χ3v) is 10.6. The van der Waals surface area contributed by atoms with E-state index in [-0.39, 0.29) is 42.3 Å². The highest BCUT2D eigenvalue weighted by molar-refractivity contribution is 6.01. The maximum absolute atomic E-state index is 14.2. The molecule has 3 aliphatic rings. The lowest BCUT2D eigenvalue weighted by molar-refractivity contribution is -0.142. The van der Waals surface area contributed by atoms with Gasteiger partial charge in [0.25, 0.3) is 0 Å². The van der Waals surface area contributed by atoms with Crippen LogP contribution in [0.1, 0.15) is 96.0 Å². The second-order valence-electron chi connectivity index (χ2n) is 14.9. The first-order valence-electron chi connectivity index (χ1n) is 17.9. The summed E-state index contributed by atoms with van der Waals surface area (Å²) in [6, 6.07) is 5.85. The molecule has 0 radical (unpaired) electrons. The lowest BCUT2D eigenvalue weighted by Crippen LogP contribution is -2.50. The molecule has 2 saturated carbocycles. The molecule has 2 aromatic rings. The van der Waals surface area contributed by atoms with E-state index in [0.717, 1.165) is 43.0 Å². The van der Waals surface area contributed by atoms with Gasteiger partial charge in [0.2, 0.25) is 11.8 Å². The number of halogens is 1. The molecule has 270 valence electrons. The van der Waals surface area contributed by atoms with Gasteiger partial charge in [0.05, 0.1) is 18.8 Å². The summed E-state index contributed by atoms with van der Waals surface area (Å²) in [5, 5.41) is 6.55. The van der Waals surface area contributed by atoms with Crippen LogP contribution in [0.2, 0.25) is 0 Å². The Kier molecular flexibility index (Phi) is 11.9. The molecule has 2 aliphatic carbocycles. The van der Waals surface area contributed by atoms with Gasteiger partial charge >= 0.3 is 12.1 Å². The number of aromatic nitrogens is 1. The SMILES string of the molecule is CCOC(=O)c1cc2cc(NC(=O)[C@@H]3[C@H](C4CCC(OC)CC4)CCN3C(=O)C3CCC([C@H](CF)NC(=O)OC(C)(C)C)CC3)ccc2[nH]1. The topological polar surface area (TPSA) is 139 Å². The van der Waals surface area contributed by atoms with Crippen LogP contribution < -0.4 is 10.6 Å². The van der Waals surface area contributed by atoms with Gasteiger partial charge in [-0.1, -0.05) is 0 Å². The molecule has 1 aromatic heterocycles. The summed E-state index contributed by atoms with van der Waals surface area (Å²) in [5.41, 5.74) is 0.992. The van der Waals surface area contributed by atoms with Crippen LogP contribution in [0, 0.1) is 23.7 Å². The maximum atomic E-state index is 14.2. The Morgan fingerprint density at radius 2 is 1.71 bits per heavy atom. The predicted molar refractivity (Wildman–Crippen MR) is 184 cm³/mol. The Morgan fingerprint density at radius 3 is 2.35 bits per heavy atom. The van der Waals surface area contributed by atoms with Crippen LogP contribution in [0.4, 0.5) is 14.9 Å². The molecular formula is C37H53FN4O7. The normalized spacial score (nSPS) is 26.6. The number of likely N-dealkylation sites (tertiary alicyclic amines) is 1. The quantitative estimate of drug-likeness (QED) is 0.247. The number of esters is 1. The fraction of sp³-hybridized carbons (Fsp3) is 0.676. The molecule has 11 nitrogen and oxygen atoms in total. The van der Waals surface area contributed by atoms with Crippen molar-refractivity contribution in [3.63, 3.8) is 0 Å². The number of fused-ring (bicyclic) bond motifs is 1. The van der Waals surface area contributed by atoms with Gasteiger partial charge in [-0.05, 0) is 128 Å². The van der Waals surface area contributed by atoms with E-state index in [0.29, 0.717) is 49.5 Å². The molecule has 1 saturated heterocycles. The Bertz CT molecular complexity index is 1470. The van der Waals surface area contributed by atoms with Crippen LogP contribution in [0.25, 0.3) is 10.9 Å². The van der Waals surface area contributed by atoms with Gasteiger partial charge in [-0.2, -0.15) is 0 Å². The first-order valence-corrected chi connectivity index (χ1v) is 17.9. The number of aromatic amines is 1. The Balaban J connectivity index is 1.28. The minimum atomic E-state index is -0.706. The zero-order valence-electron chi connectivity index (χ0n) is 29.5. The number of anilines is 1. The Morgan fingerprint density at radius 1 is 1.00 bits per heavy atom. The molecule has 0 bridgehead atoms. The summed E-state index contributed by atoms with van der Waals surface area (Å²) >= 11 is 0. The van der Waals surface area contributed by atoms with Crippen LogP contribution in [-0.2, 0) is 23.8 Å².